The van der Waals surface area contributed by atoms with Gasteiger partial charge in [0.2, 0.25) is 0 Å². The molecular formula is CsI2Te. The molecule has 0 aromatic heterocycles. The molecular weight excluding hydrogens is 514 g/mol. The van der Waals surface area contributed by atoms with Gasteiger partial charge in [0, 0.05) is 68.9 Å². The molecule has 1 radical (unpaired) electrons. The Bertz CT molecular complexity index is 6.00. The molecule has 0 fully saturated rings. The topological polar surface area (TPSA) is 0 Å². The first-order valence-electron chi connectivity index (χ1n) is 0.309. The molecule has 0 aromatic rings. The van der Waals surface area contributed by atoms with E-state index in [2.05, 4.69) is 37.4 Å². The zero-order valence-corrected chi connectivity index (χ0v) is 15.1. The third-order valence-corrected chi connectivity index (χ3v) is 0. The van der Waals surface area contributed by atoms with E-state index in [1.54, 1.807) is 0 Å². The number of halogens is 2. The van der Waals surface area contributed by atoms with Crippen molar-refractivity contribution in [3.05, 3.63) is 0 Å². The van der Waals surface area contributed by atoms with E-state index in [-0.39, 0.29) is 68.9 Å². The summed E-state index contributed by atoms with van der Waals surface area (Å²) in [6.45, 7) is 0. The van der Waals surface area contributed by atoms with Crippen LogP contribution in [-0.4, -0.2) is 81.9 Å². The van der Waals surface area contributed by atoms with Crippen molar-refractivity contribution in [3.8, 4) is 0 Å². The fourth-order valence-corrected chi connectivity index (χ4v) is 0. The molecule has 0 aliphatic rings. The van der Waals surface area contributed by atoms with Crippen molar-refractivity contribution in [1.29, 1.82) is 0 Å². The van der Waals surface area contributed by atoms with Gasteiger partial charge in [-0.3, -0.25) is 0 Å². The van der Waals surface area contributed by atoms with E-state index < -0.39 is 0 Å². The van der Waals surface area contributed by atoms with Crippen LogP contribution in [0.5, 0.6) is 0 Å². The van der Waals surface area contributed by atoms with Crippen molar-refractivity contribution >= 4 is 119 Å². The van der Waals surface area contributed by atoms with Crippen LogP contribution in [0.4, 0.5) is 0 Å². The zero-order chi connectivity index (χ0) is 2.71. The molecule has 0 aromatic carbocycles. The van der Waals surface area contributed by atoms with Crippen LogP contribution in [0.2, 0.25) is 0 Å². The molecule has 0 amide bonds. The fourth-order valence-electron chi connectivity index (χ4n) is 0. The van der Waals surface area contributed by atoms with Crippen LogP contribution in [-0.2, 0) is 0 Å². The van der Waals surface area contributed by atoms with Gasteiger partial charge in [-0.05, 0) is 0 Å². The molecule has 0 atom stereocenters. The molecule has 0 unspecified atom stereocenters. The summed E-state index contributed by atoms with van der Waals surface area (Å²) in [5.41, 5.74) is 0. The maximum Gasteiger partial charge on any atom is 0 e. The van der Waals surface area contributed by atoms with E-state index in [0.717, 1.165) is 0 Å². The van der Waals surface area contributed by atoms with Crippen LogP contribution >= 0.6 is 37.4 Å². The second-order valence-electron chi connectivity index (χ2n) is 0.0583. The largest absolute Gasteiger partial charge is 0 e. The van der Waals surface area contributed by atoms with Crippen LogP contribution in [0, 0.1) is 0 Å². The van der Waals surface area contributed by atoms with E-state index >= 15 is 0 Å². The Balaban J connectivity index is 0. The Morgan fingerprint density at radius 3 is 1.25 bits per heavy atom. The minimum Gasteiger partial charge on any atom is 0 e. The average Bonchev–Trinajstić information content (AvgIpc) is 0.918. The van der Waals surface area contributed by atoms with E-state index in [9.17, 15) is 0 Å². The van der Waals surface area contributed by atoms with Gasteiger partial charge in [0.1, 0.15) is 0 Å². The number of hydrogen-bond acceptors (Lipinski definition) is 0. The summed E-state index contributed by atoms with van der Waals surface area (Å²) in [4.78, 5) is 0. The molecule has 4 heavy (non-hydrogen) atoms. The summed E-state index contributed by atoms with van der Waals surface area (Å²) in [5, 5.41) is 0. The smallest absolute Gasteiger partial charge is 0 e. The molecule has 4 heteroatoms. The Labute approximate surface area is 115 Å². The van der Waals surface area contributed by atoms with E-state index in [1.807, 2.05) is 0 Å². The third kappa shape index (κ3) is 9.57. The second kappa shape index (κ2) is 10.3. The molecule has 0 saturated carbocycles. The van der Waals surface area contributed by atoms with Crippen LogP contribution in [0.3, 0.4) is 0 Å². The van der Waals surface area contributed by atoms with Gasteiger partial charge in [0.05, 0.1) is 0 Å². The first-order valence-corrected chi connectivity index (χ1v) is 13.9. The van der Waals surface area contributed by atoms with Crippen LogP contribution in [0.1, 0.15) is 0 Å². The van der Waals surface area contributed by atoms with Crippen molar-refractivity contribution in [2.24, 2.45) is 0 Å². The molecule has 0 spiro atoms. The Kier molecular flexibility index (Phi) is 28.7. The molecule has 0 aliphatic carbocycles. The first kappa shape index (κ1) is 11.1. The molecule has 0 nitrogen and oxygen atoms in total. The van der Waals surface area contributed by atoms with E-state index in [4.69, 9.17) is 0 Å². The summed E-state index contributed by atoms with van der Waals surface area (Å²) < 4.78 is 0. The maximum absolute atomic E-state index is 2.41. The van der Waals surface area contributed by atoms with E-state index in [0.29, 0.717) is 13.0 Å². The minimum absolute atomic E-state index is 0. The second-order valence-corrected chi connectivity index (χ2v) is 17.6. The van der Waals surface area contributed by atoms with Crippen molar-refractivity contribution < 1.29 is 0 Å². The molecule has 0 saturated heterocycles. The standard InChI is InChI=1S/Cs.I2Te/c;1-3-2. The molecule has 0 bridgehead atoms. The van der Waals surface area contributed by atoms with Gasteiger partial charge in [0.25, 0.3) is 0 Å². The van der Waals surface area contributed by atoms with E-state index in [1.165, 1.54) is 0 Å². The van der Waals surface area contributed by atoms with Gasteiger partial charge < -0.3 is 0 Å². The Morgan fingerprint density at radius 2 is 1.25 bits per heavy atom. The Hall–Kier alpha value is 4.30. The third-order valence-electron chi connectivity index (χ3n) is 0. The molecule has 0 heterocycles. The van der Waals surface area contributed by atoms with Gasteiger partial charge in [-0.25, -0.2) is 0 Å². The predicted molar refractivity (Wildman–Crippen MR) is 39.5 cm³/mol. The fraction of sp³-hybridized carbons (Fsp3) is 0. The summed E-state index contributed by atoms with van der Waals surface area (Å²) in [6, 6.07) is 0. The first-order chi connectivity index (χ1) is 1.41. The molecule has 0 aliphatic heterocycles. The van der Waals surface area contributed by atoms with Crippen molar-refractivity contribution in [1.82, 2.24) is 0 Å². The van der Waals surface area contributed by atoms with Gasteiger partial charge in [-0.1, -0.05) is 0 Å². The van der Waals surface area contributed by atoms with Crippen molar-refractivity contribution in [2.45, 2.75) is 0 Å². The summed E-state index contributed by atoms with van der Waals surface area (Å²) in [5.74, 6) is 0. The van der Waals surface area contributed by atoms with Gasteiger partial charge in [0.15, 0.2) is 0 Å². The van der Waals surface area contributed by atoms with Gasteiger partial charge >= 0.3 is 50.4 Å². The SMILES string of the molecule is I[Te]I.[Cs]. The molecule has 21 valence electrons. The molecule has 0 N–H and O–H groups in total. The average molecular weight is 514 g/mol. The summed E-state index contributed by atoms with van der Waals surface area (Å²) in [6.07, 6.45) is 0. The van der Waals surface area contributed by atoms with Crippen LogP contribution < -0.4 is 0 Å². The summed E-state index contributed by atoms with van der Waals surface area (Å²) >= 11 is 5.22. The van der Waals surface area contributed by atoms with Crippen molar-refractivity contribution in [3.63, 3.8) is 0 Å². The maximum atomic E-state index is 2.41. The number of hydrogen-bond donors (Lipinski definition) is 0. The normalized spacial score (nSPS) is 4.50. The zero-order valence-electron chi connectivity index (χ0n) is 2.16. The minimum atomic E-state index is 0. The van der Waals surface area contributed by atoms with Gasteiger partial charge in [-0.15, -0.1) is 0 Å². The van der Waals surface area contributed by atoms with Crippen LogP contribution in [0.25, 0.3) is 0 Å². The monoisotopic (exact) mass is 517 g/mol. The predicted octanol–water partition coefficient (Wildman–Crippen LogP) is 1.01. The quantitative estimate of drug-likeness (QED) is 0.335. The summed E-state index contributed by atoms with van der Waals surface area (Å²) in [7, 11) is 0. The number of rotatable bonds is 0. The Morgan fingerprint density at radius 1 is 1.25 bits per heavy atom. The van der Waals surface area contributed by atoms with Gasteiger partial charge in [-0.2, -0.15) is 0 Å². The van der Waals surface area contributed by atoms with Crippen LogP contribution in [0.15, 0.2) is 0 Å². The molecule has 0 rings (SSSR count). The van der Waals surface area contributed by atoms with Crippen molar-refractivity contribution in [2.75, 3.05) is 0 Å².